The van der Waals surface area contributed by atoms with Gasteiger partial charge in [-0.2, -0.15) is 0 Å². The van der Waals surface area contributed by atoms with E-state index in [1.807, 2.05) is 6.92 Å². The predicted octanol–water partition coefficient (Wildman–Crippen LogP) is 3.08. The molecule has 1 aromatic heterocycles. The van der Waals surface area contributed by atoms with Crippen LogP contribution in [0.15, 0.2) is 41.3 Å². The number of benzene rings is 1. The molecule has 0 bridgehead atoms. The second kappa shape index (κ2) is 7.13. The van der Waals surface area contributed by atoms with Crippen molar-refractivity contribution in [3.63, 3.8) is 0 Å². The summed E-state index contributed by atoms with van der Waals surface area (Å²) >= 11 is 6.12. The number of para-hydroxylation sites is 1. The van der Waals surface area contributed by atoms with E-state index in [0.29, 0.717) is 28.6 Å². The average Bonchev–Trinajstić information content (AvgIpc) is 2.49. The number of hydrogen-bond donors (Lipinski definition) is 1. The summed E-state index contributed by atoms with van der Waals surface area (Å²) in [6.07, 6.45) is 2.31. The molecule has 1 heterocycles. The zero-order chi connectivity index (χ0) is 16.1. The summed E-state index contributed by atoms with van der Waals surface area (Å²) in [5.74, 6) is 0.114. The molecule has 0 saturated carbocycles. The molecule has 0 aliphatic rings. The van der Waals surface area contributed by atoms with E-state index in [2.05, 4.69) is 5.32 Å². The SMILES string of the molecule is CCCOc1c(Cl)cccc1NC(=O)c1ccc(=O)n(C)c1. The van der Waals surface area contributed by atoms with Crippen molar-refractivity contribution in [3.05, 3.63) is 57.5 Å². The van der Waals surface area contributed by atoms with Crippen molar-refractivity contribution in [1.29, 1.82) is 0 Å². The third-order valence-electron chi connectivity index (χ3n) is 3.01. The van der Waals surface area contributed by atoms with Gasteiger partial charge in [-0.05, 0) is 24.6 Å². The van der Waals surface area contributed by atoms with E-state index in [1.165, 1.54) is 22.9 Å². The molecule has 0 atom stereocenters. The molecule has 0 radical (unpaired) electrons. The normalized spacial score (nSPS) is 10.3. The first-order valence-electron chi connectivity index (χ1n) is 6.92. The summed E-state index contributed by atoms with van der Waals surface area (Å²) in [7, 11) is 1.59. The number of carbonyl (C=O) groups excluding carboxylic acids is 1. The van der Waals surface area contributed by atoms with Crippen molar-refractivity contribution in [2.75, 3.05) is 11.9 Å². The average molecular weight is 321 g/mol. The third-order valence-corrected chi connectivity index (χ3v) is 3.31. The number of aromatic nitrogens is 1. The molecule has 2 rings (SSSR count). The maximum Gasteiger partial charge on any atom is 0.257 e. The van der Waals surface area contributed by atoms with Crippen LogP contribution in [0, 0.1) is 0 Å². The summed E-state index contributed by atoms with van der Waals surface area (Å²) in [4.78, 5) is 23.7. The van der Waals surface area contributed by atoms with Crippen LogP contribution < -0.4 is 15.6 Å². The number of anilines is 1. The molecule has 1 aromatic carbocycles. The van der Waals surface area contributed by atoms with Crippen molar-refractivity contribution in [3.8, 4) is 5.75 Å². The summed E-state index contributed by atoms with van der Waals surface area (Å²) in [5, 5.41) is 3.20. The lowest BCUT2D eigenvalue weighted by Gasteiger charge is -2.13. The Morgan fingerprint density at radius 1 is 1.32 bits per heavy atom. The summed E-state index contributed by atoms with van der Waals surface area (Å²) in [6.45, 7) is 2.49. The number of rotatable bonds is 5. The number of nitrogens with one attached hydrogen (secondary N) is 1. The number of hydrogen-bond acceptors (Lipinski definition) is 3. The molecule has 6 heteroatoms. The first kappa shape index (κ1) is 16.1. The zero-order valence-electron chi connectivity index (χ0n) is 12.4. The number of carbonyl (C=O) groups is 1. The van der Waals surface area contributed by atoms with Crippen molar-refractivity contribution >= 4 is 23.2 Å². The fourth-order valence-corrected chi connectivity index (χ4v) is 2.11. The van der Waals surface area contributed by atoms with Gasteiger partial charge < -0.3 is 14.6 Å². The second-order valence-electron chi connectivity index (χ2n) is 4.79. The molecular formula is C16H17ClN2O3. The highest BCUT2D eigenvalue weighted by molar-refractivity contribution is 6.32. The van der Waals surface area contributed by atoms with Crippen LogP contribution in [-0.2, 0) is 7.05 Å². The lowest BCUT2D eigenvalue weighted by atomic mass is 10.2. The maximum atomic E-state index is 12.3. The first-order chi connectivity index (χ1) is 10.5. The largest absolute Gasteiger partial charge is 0.490 e. The van der Waals surface area contributed by atoms with Crippen LogP contribution in [0.25, 0.3) is 0 Å². The number of amides is 1. The molecule has 22 heavy (non-hydrogen) atoms. The quantitative estimate of drug-likeness (QED) is 0.921. The van der Waals surface area contributed by atoms with Crippen LogP contribution in [0.5, 0.6) is 5.75 Å². The molecule has 0 aliphatic heterocycles. The molecule has 1 amide bonds. The van der Waals surface area contributed by atoms with Gasteiger partial charge in [-0.3, -0.25) is 9.59 Å². The summed E-state index contributed by atoms with van der Waals surface area (Å²) in [6, 6.07) is 7.98. The summed E-state index contributed by atoms with van der Waals surface area (Å²) < 4.78 is 6.94. The van der Waals surface area contributed by atoms with Crippen LogP contribution in [-0.4, -0.2) is 17.1 Å². The number of ether oxygens (including phenoxy) is 1. The number of pyridine rings is 1. The van der Waals surface area contributed by atoms with E-state index in [0.717, 1.165) is 6.42 Å². The van der Waals surface area contributed by atoms with Gasteiger partial charge >= 0.3 is 0 Å². The van der Waals surface area contributed by atoms with Gasteiger partial charge in [0.05, 0.1) is 22.9 Å². The molecule has 0 saturated heterocycles. The highest BCUT2D eigenvalue weighted by Crippen LogP contribution is 2.33. The van der Waals surface area contributed by atoms with Gasteiger partial charge in [-0.1, -0.05) is 24.6 Å². The topological polar surface area (TPSA) is 60.3 Å². The Hall–Kier alpha value is -2.27. The second-order valence-corrected chi connectivity index (χ2v) is 5.19. The maximum absolute atomic E-state index is 12.3. The van der Waals surface area contributed by atoms with E-state index < -0.39 is 0 Å². The summed E-state index contributed by atoms with van der Waals surface area (Å²) in [5.41, 5.74) is 0.703. The minimum Gasteiger partial charge on any atom is -0.490 e. The fourth-order valence-electron chi connectivity index (χ4n) is 1.88. The van der Waals surface area contributed by atoms with Crippen molar-refractivity contribution < 1.29 is 9.53 Å². The Labute approximate surface area is 133 Å². The van der Waals surface area contributed by atoms with E-state index in [-0.39, 0.29) is 11.5 Å². The van der Waals surface area contributed by atoms with Crippen LogP contribution in [0.4, 0.5) is 5.69 Å². The molecule has 0 unspecified atom stereocenters. The molecule has 1 N–H and O–H groups in total. The highest BCUT2D eigenvalue weighted by atomic mass is 35.5. The van der Waals surface area contributed by atoms with Gasteiger partial charge in [-0.25, -0.2) is 0 Å². The third kappa shape index (κ3) is 3.68. The monoisotopic (exact) mass is 320 g/mol. The van der Waals surface area contributed by atoms with E-state index in [9.17, 15) is 9.59 Å². The number of halogens is 1. The predicted molar refractivity (Wildman–Crippen MR) is 86.9 cm³/mol. The lowest BCUT2D eigenvalue weighted by Crippen LogP contribution is -2.19. The first-order valence-corrected chi connectivity index (χ1v) is 7.30. The molecule has 2 aromatic rings. The molecule has 116 valence electrons. The Morgan fingerprint density at radius 3 is 2.77 bits per heavy atom. The van der Waals surface area contributed by atoms with E-state index in [4.69, 9.17) is 16.3 Å². The van der Waals surface area contributed by atoms with Crippen LogP contribution >= 0.6 is 11.6 Å². The van der Waals surface area contributed by atoms with Gasteiger partial charge in [0.15, 0.2) is 5.75 Å². The van der Waals surface area contributed by atoms with Gasteiger partial charge in [0.25, 0.3) is 5.91 Å². The number of nitrogens with zero attached hydrogens (tertiary/aromatic N) is 1. The minimum absolute atomic E-state index is 0.175. The van der Waals surface area contributed by atoms with Crippen molar-refractivity contribution in [2.24, 2.45) is 7.05 Å². The Kier molecular flexibility index (Phi) is 5.22. The molecule has 5 nitrogen and oxygen atoms in total. The molecular weight excluding hydrogens is 304 g/mol. The van der Waals surface area contributed by atoms with Crippen LogP contribution in [0.3, 0.4) is 0 Å². The molecule has 0 spiro atoms. The van der Waals surface area contributed by atoms with E-state index >= 15 is 0 Å². The van der Waals surface area contributed by atoms with Crippen LogP contribution in [0.1, 0.15) is 23.7 Å². The fraction of sp³-hybridized carbons (Fsp3) is 0.250. The Morgan fingerprint density at radius 2 is 2.09 bits per heavy atom. The van der Waals surface area contributed by atoms with Gasteiger partial charge in [-0.15, -0.1) is 0 Å². The van der Waals surface area contributed by atoms with Gasteiger partial charge in [0, 0.05) is 19.3 Å². The smallest absolute Gasteiger partial charge is 0.257 e. The zero-order valence-corrected chi connectivity index (χ0v) is 13.2. The molecule has 0 aliphatic carbocycles. The minimum atomic E-state index is -0.334. The van der Waals surface area contributed by atoms with Crippen molar-refractivity contribution in [1.82, 2.24) is 4.57 Å². The standard InChI is InChI=1S/C16H17ClN2O3/c1-3-9-22-15-12(17)5-4-6-13(15)18-16(21)11-7-8-14(20)19(2)10-11/h4-8,10H,3,9H2,1-2H3,(H,18,21). The molecule has 0 fully saturated rings. The number of aryl methyl sites for hydroxylation is 1. The van der Waals surface area contributed by atoms with E-state index in [1.54, 1.807) is 25.2 Å². The Bertz CT molecular complexity index is 740. The van der Waals surface area contributed by atoms with Crippen molar-refractivity contribution in [2.45, 2.75) is 13.3 Å². The van der Waals surface area contributed by atoms with Crippen LogP contribution in [0.2, 0.25) is 5.02 Å². The van der Waals surface area contributed by atoms with Gasteiger partial charge in [0.1, 0.15) is 0 Å². The lowest BCUT2D eigenvalue weighted by molar-refractivity contribution is 0.102. The highest BCUT2D eigenvalue weighted by Gasteiger charge is 2.13. The Balaban J connectivity index is 2.26. The van der Waals surface area contributed by atoms with Gasteiger partial charge in [0.2, 0.25) is 5.56 Å².